The fraction of sp³-hybridized carbons (Fsp3) is 0.250. The highest BCUT2D eigenvalue weighted by molar-refractivity contribution is 9.11. The third-order valence-electron chi connectivity index (χ3n) is 2.77. The van der Waals surface area contributed by atoms with E-state index in [0.717, 1.165) is 25.9 Å². The molecule has 2 nitrogen and oxygen atoms in total. The van der Waals surface area contributed by atoms with Crippen LogP contribution in [0.15, 0.2) is 45.3 Å². The number of nitrogens with one attached hydrogen (secondary N) is 1. The molecule has 0 spiro atoms. The Morgan fingerprint density at radius 3 is 2.43 bits per heavy atom. The van der Waals surface area contributed by atoms with E-state index < -0.39 is 0 Å². The van der Waals surface area contributed by atoms with Crippen LogP contribution in [0.25, 0.3) is 0 Å². The number of anilines is 1. The van der Waals surface area contributed by atoms with E-state index >= 15 is 0 Å². The molecule has 2 rings (SSSR count). The van der Waals surface area contributed by atoms with Crippen molar-refractivity contribution < 1.29 is 9.13 Å². The second-order valence-electron chi connectivity index (χ2n) is 4.90. The van der Waals surface area contributed by atoms with Gasteiger partial charge in [-0.15, -0.1) is 0 Å². The molecule has 0 aliphatic rings. The first-order valence-corrected chi connectivity index (χ1v) is 8.18. The monoisotopic (exact) mass is 415 g/mol. The Morgan fingerprint density at radius 2 is 1.81 bits per heavy atom. The average Bonchev–Trinajstić information content (AvgIpc) is 2.41. The fourth-order valence-corrected chi connectivity index (χ4v) is 3.28. The summed E-state index contributed by atoms with van der Waals surface area (Å²) in [7, 11) is 0. The Bertz CT molecular complexity index is 614. The summed E-state index contributed by atoms with van der Waals surface area (Å²) in [6.07, 6.45) is 0.0899. The molecule has 0 atom stereocenters. The molecule has 21 heavy (non-hydrogen) atoms. The molecule has 1 N–H and O–H groups in total. The van der Waals surface area contributed by atoms with Gasteiger partial charge in [0.15, 0.2) is 0 Å². The lowest BCUT2D eigenvalue weighted by molar-refractivity contribution is 0.238. The minimum Gasteiger partial charge on any atom is -0.489 e. The minimum atomic E-state index is -0.241. The first kappa shape index (κ1) is 16.3. The predicted octanol–water partition coefficient (Wildman–Crippen LogP) is 5.75. The molecule has 0 unspecified atom stereocenters. The molecule has 0 bridgehead atoms. The van der Waals surface area contributed by atoms with Crippen LogP contribution in [-0.2, 0) is 6.54 Å². The van der Waals surface area contributed by atoms with Crippen LogP contribution >= 0.6 is 31.9 Å². The molecular weight excluding hydrogens is 401 g/mol. The zero-order chi connectivity index (χ0) is 15.4. The molecule has 0 amide bonds. The number of rotatable bonds is 5. The zero-order valence-electron chi connectivity index (χ0n) is 11.8. The second kappa shape index (κ2) is 7.27. The molecule has 2 aromatic rings. The van der Waals surface area contributed by atoms with Crippen molar-refractivity contribution in [3.63, 3.8) is 0 Å². The van der Waals surface area contributed by atoms with E-state index in [4.69, 9.17) is 4.74 Å². The molecule has 112 valence electrons. The third kappa shape index (κ3) is 4.71. The molecule has 0 fully saturated rings. The van der Waals surface area contributed by atoms with Gasteiger partial charge in [-0.3, -0.25) is 0 Å². The van der Waals surface area contributed by atoms with Gasteiger partial charge in [-0.2, -0.15) is 0 Å². The smallest absolute Gasteiger partial charge is 0.138 e. The molecule has 0 aromatic heterocycles. The number of hydrogen-bond donors (Lipinski definition) is 1. The predicted molar refractivity (Wildman–Crippen MR) is 91.3 cm³/mol. The third-order valence-corrected chi connectivity index (χ3v) is 3.81. The van der Waals surface area contributed by atoms with Crippen molar-refractivity contribution in [1.29, 1.82) is 0 Å². The summed E-state index contributed by atoms with van der Waals surface area (Å²) in [6, 6.07) is 10.3. The van der Waals surface area contributed by atoms with Crippen LogP contribution in [0.2, 0.25) is 0 Å². The van der Waals surface area contributed by atoms with E-state index in [1.165, 1.54) is 12.1 Å². The normalized spacial score (nSPS) is 10.8. The highest BCUT2D eigenvalue weighted by Gasteiger charge is 2.11. The van der Waals surface area contributed by atoms with Gasteiger partial charge in [-0.05, 0) is 66.2 Å². The van der Waals surface area contributed by atoms with Crippen LogP contribution in [0.1, 0.15) is 19.4 Å². The Hall–Kier alpha value is -1.07. The molecule has 0 saturated carbocycles. The quantitative estimate of drug-likeness (QED) is 0.669. The van der Waals surface area contributed by atoms with Gasteiger partial charge in [0.2, 0.25) is 0 Å². The largest absolute Gasteiger partial charge is 0.489 e. The number of halogens is 3. The van der Waals surface area contributed by atoms with Gasteiger partial charge in [-0.25, -0.2) is 4.39 Å². The van der Waals surface area contributed by atoms with Crippen molar-refractivity contribution in [3.8, 4) is 5.75 Å². The fourth-order valence-electron chi connectivity index (χ4n) is 1.88. The Labute approximate surface area is 141 Å². The van der Waals surface area contributed by atoms with Gasteiger partial charge in [0.25, 0.3) is 0 Å². The van der Waals surface area contributed by atoms with Crippen molar-refractivity contribution in [1.82, 2.24) is 0 Å². The van der Waals surface area contributed by atoms with E-state index in [0.29, 0.717) is 6.54 Å². The zero-order valence-corrected chi connectivity index (χ0v) is 15.0. The number of ether oxygens (including phenoxy) is 1. The lowest BCUT2D eigenvalue weighted by Crippen LogP contribution is -2.10. The van der Waals surface area contributed by atoms with Gasteiger partial charge < -0.3 is 10.1 Å². The molecule has 0 aliphatic heterocycles. The minimum absolute atomic E-state index is 0.0899. The van der Waals surface area contributed by atoms with E-state index in [-0.39, 0.29) is 11.9 Å². The van der Waals surface area contributed by atoms with Crippen molar-refractivity contribution in [3.05, 3.63) is 56.7 Å². The van der Waals surface area contributed by atoms with Crippen molar-refractivity contribution in [2.24, 2.45) is 0 Å². The lowest BCUT2D eigenvalue weighted by atomic mass is 10.2. The maximum Gasteiger partial charge on any atom is 0.138 e. The van der Waals surface area contributed by atoms with Crippen LogP contribution in [0.5, 0.6) is 5.75 Å². The van der Waals surface area contributed by atoms with Crippen molar-refractivity contribution in [2.45, 2.75) is 26.5 Å². The molecule has 0 aliphatic carbocycles. The van der Waals surface area contributed by atoms with Crippen LogP contribution in [0, 0.1) is 5.82 Å². The molecule has 2 aromatic carbocycles. The second-order valence-corrected chi connectivity index (χ2v) is 6.67. The van der Waals surface area contributed by atoms with E-state index in [1.807, 2.05) is 26.0 Å². The Morgan fingerprint density at radius 1 is 1.14 bits per heavy atom. The maximum absolute atomic E-state index is 12.9. The summed E-state index contributed by atoms with van der Waals surface area (Å²) in [5, 5.41) is 3.27. The lowest BCUT2D eigenvalue weighted by Gasteiger charge is -2.17. The summed E-state index contributed by atoms with van der Waals surface area (Å²) in [5.41, 5.74) is 1.89. The van der Waals surface area contributed by atoms with Gasteiger partial charge in [0.05, 0.1) is 10.6 Å². The Kier molecular flexibility index (Phi) is 5.65. The molecule has 0 radical (unpaired) electrons. The first-order chi connectivity index (χ1) is 9.95. The van der Waals surface area contributed by atoms with Crippen LogP contribution in [0.3, 0.4) is 0 Å². The van der Waals surface area contributed by atoms with Gasteiger partial charge in [0.1, 0.15) is 11.6 Å². The SMILES string of the molecule is CC(C)Oc1c(Br)cc(Br)cc1CNc1ccc(F)cc1. The molecule has 0 heterocycles. The highest BCUT2D eigenvalue weighted by Crippen LogP contribution is 2.34. The van der Waals surface area contributed by atoms with E-state index in [2.05, 4.69) is 37.2 Å². The van der Waals surface area contributed by atoms with Crippen molar-refractivity contribution in [2.75, 3.05) is 5.32 Å². The molecule has 5 heteroatoms. The van der Waals surface area contributed by atoms with Crippen LogP contribution in [0.4, 0.5) is 10.1 Å². The van der Waals surface area contributed by atoms with Crippen LogP contribution in [-0.4, -0.2) is 6.10 Å². The number of benzene rings is 2. The molecule has 0 saturated heterocycles. The number of hydrogen-bond acceptors (Lipinski definition) is 2. The van der Waals surface area contributed by atoms with Gasteiger partial charge in [-0.1, -0.05) is 15.9 Å². The van der Waals surface area contributed by atoms with Gasteiger partial charge in [0, 0.05) is 22.3 Å². The average molecular weight is 417 g/mol. The first-order valence-electron chi connectivity index (χ1n) is 6.59. The summed E-state index contributed by atoms with van der Waals surface area (Å²) in [5.74, 6) is 0.581. The summed E-state index contributed by atoms with van der Waals surface area (Å²) < 4.78 is 20.7. The topological polar surface area (TPSA) is 21.3 Å². The van der Waals surface area contributed by atoms with Crippen molar-refractivity contribution >= 4 is 37.5 Å². The maximum atomic E-state index is 12.9. The van der Waals surface area contributed by atoms with Gasteiger partial charge >= 0.3 is 0 Å². The summed E-state index contributed by atoms with van der Waals surface area (Å²) in [4.78, 5) is 0. The molecular formula is C16H16Br2FNO. The summed E-state index contributed by atoms with van der Waals surface area (Å²) in [6.45, 7) is 4.57. The standard InChI is InChI=1S/C16H16Br2FNO/c1-10(2)21-16-11(7-12(17)8-15(16)18)9-20-14-5-3-13(19)4-6-14/h3-8,10,20H,9H2,1-2H3. The van der Waals surface area contributed by atoms with E-state index in [1.54, 1.807) is 12.1 Å². The Balaban J connectivity index is 2.19. The van der Waals surface area contributed by atoms with Crippen LogP contribution < -0.4 is 10.1 Å². The summed E-state index contributed by atoms with van der Waals surface area (Å²) >= 11 is 7.02. The highest BCUT2D eigenvalue weighted by atomic mass is 79.9. The van der Waals surface area contributed by atoms with E-state index in [9.17, 15) is 4.39 Å².